The number of benzene rings is 1. The van der Waals surface area contributed by atoms with Crippen LogP contribution in [0.15, 0.2) is 18.2 Å². The van der Waals surface area contributed by atoms with E-state index in [1.165, 1.54) is 18.2 Å². The van der Waals surface area contributed by atoms with Gasteiger partial charge in [0.05, 0.1) is 0 Å². The van der Waals surface area contributed by atoms with E-state index in [-0.39, 0.29) is 16.0 Å². The number of hydrogen-bond donors (Lipinski definition) is 2. The molecule has 58 valence electrons. The molecule has 0 heterocycles. The van der Waals surface area contributed by atoms with Crippen LogP contribution in [-0.4, -0.2) is 17.2 Å². The number of rotatable bonds is 1. The summed E-state index contributed by atoms with van der Waals surface area (Å²) in [5, 5.41) is 17.9. The molecule has 0 aromatic heterocycles. The van der Waals surface area contributed by atoms with Crippen LogP contribution in [0, 0.1) is 6.85 Å². The van der Waals surface area contributed by atoms with Crippen molar-refractivity contribution in [3.8, 4) is 0 Å². The molecule has 11 heavy (non-hydrogen) atoms. The molecule has 0 amide bonds. The number of halogens is 1. The second-order valence-electron chi connectivity index (χ2n) is 2.15. The maximum absolute atomic E-state index is 8.85. The van der Waals surface area contributed by atoms with Crippen LogP contribution in [0.25, 0.3) is 0 Å². The molecular formula is C7H8BClO2. The molecule has 1 rings (SSSR count). The zero-order valence-corrected chi connectivity index (χ0v) is 6.34. The molecule has 0 unspecified atom stereocenters. The van der Waals surface area contributed by atoms with Gasteiger partial charge in [-0.1, -0.05) is 17.7 Å². The third-order valence-corrected chi connectivity index (χ3v) is 1.44. The van der Waals surface area contributed by atoms with Crippen LogP contribution in [-0.2, 0) is 0 Å². The van der Waals surface area contributed by atoms with Gasteiger partial charge in [-0.15, -0.1) is 0 Å². The van der Waals surface area contributed by atoms with Gasteiger partial charge in [-0.3, -0.25) is 0 Å². The van der Waals surface area contributed by atoms with E-state index >= 15 is 0 Å². The second-order valence-corrected chi connectivity index (χ2v) is 2.58. The Morgan fingerprint density at radius 1 is 1.45 bits per heavy atom. The van der Waals surface area contributed by atoms with E-state index in [0.717, 1.165) is 0 Å². The van der Waals surface area contributed by atoms with Crippen LogP contribution in [0.5, 0.6) is 0 Å². The van der Waals surface area contributed by atoms with Gasteiger partial charge >= 0.3 is 7.12 Å². The van der Waals surface area contributed by atoms with Crippen LogP contribution in [0.3, 0.4) is 0 Å². The third kappa shape index (κ3) is 2.22. The SMILES string of the molecule is [2H]C([2H])([2H])c1cc(Cl)cc(B(O)O)c1. The molecule has 0 radical (unpaired) electrons. The van der Waals surface area contributed by atoms with Crippen LogP contribution in [0.2, 0.25) is 5.02 Å². The van der Waals surface area contributed by atoms with Crippen molar-refractivity contribution in [3.63, 3.8) is 0 Å². The molecule has 1 aromatic rings. The lowest BCUT2D eigenvalue weighted by Crippen LogP contribution is -2.29. The summed E-state index contributed by atoms with van der Waals surface area (Å²) in [6, 6.07) is 3.78. The summed E-state index contributed by atoms with van der Waals surface area (Å²) in [5.74, 6) is 0. The van der Waals surface area contributed by atoms with Crippen LogP contribution in [0.4, 0.5) is 0 Å². The normalized spacial score (nSPS) is 15.0. The average molecular weight is 173 g/mol. The van der Waals surface area contributed by atoms with Crippen LogP contribution >= 0.6 is 11.6 Å². The van der Waals surface area contributed by atoms with Crippen molar-refractivity contribution in [2.24, 2.45) is 0 Å². The number of hydrogen-bond acceptors (Lipinski definition) is 2. The molecule has 0 atom stereocenters. The fraction of sp³-hybridized carbons (Fsp3) is 0.143. The van der Waals surface area contributed by atoms with Crippen molar-refractivity contribution < 1.29 is 14.2 Å². The lowest BCUT2D eigenvalue weighted by molar-refractivity contribution is 0.425. The van der Waals surface area contributed by atoms with Crippen molar-refractivity contribution in [3.05, 3.63) is 28.8 Å². The lowest BCUT2D eigenvalue weighted by Gasteiger charge is -2.01. The summed E-state index contributed by atoms with van der Waals surface area (Å²) >= 11 is 5.63. The molecule has 0 spiro atoms. The minimum Gasteiger partial charge on any atom is -0.423 e. The smallest absolute Gasteiger partial charge is 0.423 e. The van der Waals surface area contributed by atoms with Gasteiger partial charge in [-0.25, -0.2) is 0 Å². The zero-order chi connectivity index (χ0) is 10.9. The Morgan fingerprint density at radius 3 is 2.73 bits per heavy atom. The van der Waals surface area contributed by atoms with E-state index in [9.17, 15) is 0 Å². The molecular weight excluding hydrogens is 162 g/mol. The largest absolute Gasteiger partial charge is 0.488 e. The molecule has 0 aliphatic carbocycles. The maximum Gasteiger partial charge on any atom is 0.488 e. The molecule has 0 saturated carbocycles. The van der Waals surface area contributed by atoms with E-state index in [0.29, 0.717) is 0 Å². The molecule has 0 bridgehead atoms. The van der Waals surface area contributed by atoms with Gasteiger partial charge in [0, 0.05) is 9.13 Å². The van der Waals surface area contributed by atoms with Crippen molar-refractivity contribution in [2.45, 2.75) is 6.85 Å². The van der Waals surface area contributed by atoms with Crippen molar-refractivity contribution in [1.29, 1.82) is 0 Å². The zero-order valence-electron chi connectivity index (χ0n) is 8.58. The highest BCUT2D eigenvalue weighted by atomic mass is 35.5. The monoisotopic (exact) mass is 173 g/mol. The molecule has 4 heteroatoms. The fourth-order valence-corrected chi connectivity index (χ4v) is 1.00. The summed E-state index contributed by atoms with van der Waals surface area (Å²) in [6.45, 7) is -2.30. The first-order valence-electron chi connectivity index (χ1n) is 4.48. The van der Waals surface area contributed by atoms with Crippen molar-refractivity contribution in [2.75, 3.05) is 0 Å². The maximum atomic E-state index is 8.85. The summed E-state index contributed by atoms with van der Waals surface area (Å²) in [6.07, 6.45) is 0. The van der Waals surface area contributed by atoms with E-state index in [1.807, 2.05) is 0 Å². The van der Waals surface area contributed by atoms with Crippen molar-refractivity contribution in [1.82, 2.24) is 0 Å². The van der Waals surface area contributed by atoms with E-state index in [1.54, 1.807) is 0 Å². The lowest BCUT2D eigenvalue weighted by atomic mass is 9.80. The first kappa shape index (κ1) is 5.20. The van der Waals surface area contributed by atoms with Gasteiger partial charge in [-0.05, 0) is 30.0 Å². The Kier molecular flexibility index (Phi) is 1.54. The molecule has 0 saturated heterocycles. The molecule has 0 aliphatic heterocycles. The quantitative estimate of drug-likeness (QED) is 0.601. The highest BCUT2D eigenvalue weighted by Crippen LogP contribution is 2.07. The predicted octanol–water partition coefficient (Wildman–Crippen LogP) is 0.328. The van der Waals surface area contributed by atoms with E-state index < -0.39 is 14.0 Å². The molecule has 2 nitrogen and oxygen atoms in total. The topological polar surface area (TPSA) is 40.5 Å². The van der Waals surface area contributed by atoms with E-state index in [2.05, 4.69) is 0 Å². The van der Waals surface area contributed by atoms with Gasteiger partial charge < -0.3 is 10.0 Å². The van der Waals surface area contributed by atoms with Gasteiger partial charge in [0.15, 0.2) is 0 Å². The molecule has 1 aromatic carbocycles. The summed E-state index contributed by atoms with van der Waals surface area (Å²) < 4.78 is 21.4. The van der Waals surface area contributed by atoms with Crippen molar-refractivity contribution >= 4 is 24.2 Å². The first-order valence-corrected chi connectivity index (χ1v) is 3.35. The fourth-order valence-electron chi connectivity index (χ4n) is 0.761. The first-order chi connectivity index (χ1) is 6.30. The summed E-state index contributed by atoms with van der Waals surface area (Å²) in [5.41, 5.74) is 0.0664. The minimum atomic E-state index is -2.30. The van der Waals surface area contributed by atoms with Crippen LogP contribution < -0.4 is 5.46 Å². The highest BCUT2D eigenvalue weighted by Gasteiger charge is 2.10. The second kappa shape index (κ2) is 3.26. The Morgan fingerprint density at radius 2 is 2.18 bits per heavy atom. The summed E-state index contributed by atoms with van der Waals surface area (Å²) in [7, 11) is -1.71. The van der Waals surface area contributed by atoms with Gasteiger partial charge in [0.1, 0.15) is 0 Å². The number of aryl methyl sites for hydroxylation is 1. The Labute approximate surface area is 74.8 Å². The standard InChI is InChI=1S/C7H8BClO2/c1-5-2-6(8(10)11)4-7(9)3-5/h2-4,10-11H,1H3/i1D3. The molecule has 0 aliphatic rings. The van der Waals surface area contributed by atoms with Crippen LogP contribution in [0.1, 0.15) is 9.68 Å². The van der Waals surface area contributed by atoms with Gasteiger partial charge in [-0.2, -0.15) is 0 Å². The average Bonchev–Trinajstić information content (AvgIpc) is 2.01. The molecule has 0 fully saturated rings. The highest BCUT2D eigenvalue weighted by molar-refractivity contribution is 6.59. The summed E-state index contributed by atoms with van der Waals surface area (Å²) in [4.78, 5) is 0. The molecule has 2 N–H and O–H groups in total. The van der Waals surface area contributed by atoms with Gasteiger partial charge in [0.25, 0.3) is 0 Å². The predicted molar refractivity (Wildman–Crippen MR) is 46.0 cm³/mol. The Balaban J connectivity index is 3.21. The minimum absolute atomic E-state index is 0.00639. The Hall–Kier alpha value is -0.505. The third-order valence-electron chi connectivity index (χ3n) is 1.22. The van der Waals surface area contributed by atoms with E-state index in [4.69, 9.17) is 25.8 Å². The Bertz CT molecular complexity index is 340. The van der Waals surface area contributed by atoms with Gasteiger partial charge in [0.2, 0.25) is 0 Å².